The molecule has 2 aliphatic rings. The van der Waals surface area contributed by atoms with Gasteiger partial charge in [0, 0.05) is 29.8 Å². The molecule has 10 nitrogen and oxygen atoms in total. The van der Waals surface area contributed by atoms with Crippen LogP contribution in [-0.2, 0) is 33.5 Å². The molecule has 0 unspecified atom stereocenters. The third-order valence-corrected chi connectivity index (χ3v) is 9.56. The summed E-state index contributed by atoms with van der Waals surface area (Å²) in [5.41, 5.74) is 0.894. The van der Waals surface area contributed by atoms with E-state index in [2.05, 4.69) is 24.3 Å². The lowest BCUT2D eigenvalue weighted by atomic mass is 9.84. The fourth-order valence-corrected chi connectivity index (χ4v) is 5.19. The number of carbonyl (C=O) groups excluding carboxylic acids is 5. The monoisotopic (exact) mass is 648 g/mol. The van der Waals surface area contributed by atoms with Gasteiger partial charge in [-0.05, 0) is 43.2 Å². The Morgan fingerprint density at radius 2 is 1.13 bits per heavy atom. The number of hydrogen-bond donors (Lipinski definition) is 1. The van der Waals surface area contributed by atoms with Gasteiger partial charge in [0.1, 0.15) is 12.1 Å². The molecule has 2 aliphatic heterocycles. The lowest BCUT2D eigenvalue weighted by Gasteiger charge is -2.39. The minimum absolute atomic E-state index is 0.112. The normalized spacial score (nSPS) is 17.4. The number of carbonyl (C=O) groups is 6. The Morgan fingerprint density at radius 1 is 0.723 bits per heavy atom. The molecule has 10 heteroatoms. The molecule has 2 amide bonds. The van der Waals surface area contributed by atoms with E-state index in [1.54, 1.807) is 27.7 Å². The molecule has 2 aromatic carbocycles. The van der Waals surface area contributed by atoms with Gasteiger partial charge in [-0.3, -0.25) is 19.2 Å². The van der Waals surface area contributed by atoms with Gasteiger partial charge in [-0.25, -0.2) is 9.59 Å². The van der Waals surface area contributed by atoms with Gasteiger partial charge in [0.15, 0.2) is 0 Å². The summed E-state index contributed by atoms with van der Waals surface area (Å²) in [7, 11) is 0. The number of nitrogens with zero attached hydrogens (tertiary/aromatic N) is 2. The summed E-state index contributed by atoms with van der Waals surface area (Å²) >= 11 is 0. The average molecular weight is 649 g/mol. The number of ketones is 2. The van der Waals surface area contributed by atoms with Gasteiger partial charge >= 0.3 is 11.9 Å². The number of rotatable bonds is 13. The number of ether oxygens (including phenoxy) is 1. The fraction of sp³-hybridized carbons (Fsp3) is 0.514. The van der Waals surface area contributed by atoms with E-state index in [-0.39, 0.29) is 12.5 Å². The van der Waals surface area contributed by atoms with Crippen LogP contribution in [0, 0.1) is 10.8 Å². The lowest BCUT2D eigenvalue weighted by Crippen LogP contribution is -2.59. The van der Waals surface area contributed by atoms with Crippen molar-refractivity contribution in [2.24, 2.45) is 10.8 Å². The predicted molar refractivity (Wildman–Crippen MR) is 176 cm³/mol. The number of hydrogen-bond acceptors (Lipinski definition) is 7. The highest BCUT2D eigenvalue weighted by Gasteiger charge is 2.45. The Morgan fingerprint density at radius 3 is 1.47 bits per heavy atom. The zero-order valence-electron chi connectivity index (χ0n) is 28.4. The highest BCUT2D eigenvalue weighted by molar-refractivity contribution is 6.39. The largest absolute Gasteiger partial charge is 0.480 e. The van der Waals surface area contributed by atoms with Gasteiger partial charge in [0.25, 0.3) is 11.8 Å². The number of carboxylic acid groups (broad SMARTS) is 1. The molecule has 47 heavy (non-hydrogen) atoms. The van der Waals surface area contributed by atoms with E-state index in [1.807, 2.05) is 50.2 Å². The average Bonchev–Trinajstić information content (AvgIpc) is 3.02. The van der Waals surface area contributed by atoms with Crippen LogP contribution in [0.1, 0.15) is 90.7 Å². The van der Waals surface area contributed by atoms with Crippen molar-refractivity contribution in [2.75, 3.05) is 19.7 Å². The minimum atomic E-state index is -1.04. The van der Waals surface area contributed by atoms with Crippen molar-refractivity contribution >= 4 is 35.3 Å². The van der Waals surface area contributed by atoms with Gasteiger partial charge in [-0.2, -0.15) is 0 Å². The molecule has 0 saturated carbocycles. The van der Waals surface area contributed by atoms with Crippen molar-refractivity contribution in [3.63, 3.8) is 0 Å². The molecular formula is C37H48N2O8. The minimum Gasteiger partial charge on any atom is -0.480 e. The van der Waals surface area contributed by atoms with Gasteiger partial charge in [-0.15, -0.1) is 0 Å². The van der Waals surface area contributed by atoms with Crippen LogP contribution in [0.2, 0.25) is 0 Å². The Kier molecular flexibility index (Phi) is 12.6. The topological polar surface area (TPSA) is 138 Å². The summed E-state index contributed by atoms with van der Waals surface area (Å²) in [4.78, 5) is 74.4. The molecule has 0 aromatic heterocycles. The van der Waals surface area contributed by atoms with Gasteiger partial charge < -0.3 is 19.6 Å². The number of likely N-dealkylation sites (tertiary alicyclic amines) is 2. The maximum absolute atomic E-state index is 12.6. The van der Waals surface area contributed by atoms with E-state index in [0.717, 1.165) is 16.0 Å². The van der Waals surface area contributed by atoms with Crippen LogP contribution in [0.4, 0.5) is 0 Å². The molecule has 4 rings (SSSR count). The third-order valence-electron chi connectivity index (χ3n) is 9.56. The number of aliphatic carboxylic acids is 1. The van der Waals surface area contributed by atoms with Crippen LogP contribution in [0.15, 0.2) is 60.7 Å². The molecule has 2 heterocycles. The van der Waals surface area contributed by atoms with Crippen LogP contribution in [-0.4, -0.2) is 82.0 Å². The molecular weight excluding hydrogens is 600 g/mol. The van der Waals surface area contributed by atoms with E-state index < -0.39 is 58.2 Å². The van der Waals surface area contributed by atoms with Crippen LogP contribution in [0.25, 0.3) is 0 Å². The van der Waals surface area contributed by atoms with Crippen molar-refractivity contribution in [1.29, 1.82) is 0 Å². The summed E-state index contributed by atoms with van der Waals surface area (Å²) in [5.74, 6) is -3.54. The van der Waals surface area contributed by atoms with Crippen molar-refractivity contribution in [2.45, 2.75) is 91.6 Å². The first-order valence-electron chi connectivity index (χ1n) is 16.4. The predicted octanol–water partition coefficient (Wildman–Crippen LogP) is 5.04. The molecule has 0 spiro atoms. The smallest absolute Gasteiger partial charge is 0.328 e. The highest BCUT2D eigenvalue weighted by atomic mass is 16.5. The summed E-state index contributed by atoms with van der Waals surface area (Å²) in [5, 5.41) is 8.79. The molecule has 1 N–H and O–H groups in total. The number of Topliss-reactive ketones (excluding diaryl/α,β-unsaturated/α-hetero) is 2. The van der Waals surface area contributed by atoms with Crippen LogP contribution in [0.3, 0.4) is 0 Å². The zero-order valence-corrected chi connectivity index (χ0v) is 28.4. The van der Waals surface area contributed by atoms with Crippen LogP contribution in [0.5, 0.6) is 0 Å². The zero-order chi connectivity index (χ0) is 34.9. The quantitative estimate of drug-likeness (QED) is 0.236. The molecule has 2 fully saturated rings. The maximum atomic E-state index is 12.6. The lowest BCUT2D eigenvalue weighted by molar-refractivity contribution is -0.165. The van der Waals surface area contributed by atoms with Gasteiger partial charge in [-0.1, -0.05) is 102 Å². The second-order valence-electron chi connectivity index (χ2n) is 13.4. The molecule has 0 radical (unpaired) electrons. The van der Waals surface area contributed by atoms with Crippen molar-refractivity contribution in [3.05, 3.63) is 71.8 Å². The number of esters is 1. The number of amides is 2. The second-order valence-corrected chi connectivity index (χ2v) is 13.4. The standard InChI is InChI=1S/C26H31NO4.C11H17NO4/c1-4-26(2,3)23(28)24(29)27-17-15-22(27)25(30)31-18-16-21(19-11-7-5-8-12-19)20-13-9-6-10-14-20;1-4-11(2,3)8(13)9(14)12-6-5-7(12)10(15)16/h5-14,21-22H,4,15-18H2,1-3H3;7H,4-6H2,1-3H3,(H,15,16)/t22-;7-/m00/s1. The number of benzene rings is 2. The molecule has 2 aromatic rings. The first kappa shape index (κ1) is 37.1. The third kappa shape index (κ3) is 8.93. The van der Waals surface area contributed by atoms with E-state index >= 15 is 0 Å². The fourth-order valence-electron chi connectivity index (χ4n) is 5.19. The molecule has 254 valence electrons. The first-order valence-corrected chi connectivity index (χ1v) is 16.4. The Bertz CT molecular complexity index is 1400. The van der Waals surface area contributed by atoms with Gasteiger partial charge in [0.05, 0.1) is 6.61 Å². The first-order chi connectivity index (χ1) is 22.2. The highest BCUT2D eigenvalue weighted by Crippen LogP contribution is 2.30. The van der Waals surface area contributed by atoms with Crippen molar-refractivity contribution in [1.82, 2.24) is 9.80 Å². The number of carboxylic acids is 1. The molecule has 2 saturated heterocycles. The van der Waals surface area contributed by atoms with Crippen molar-refractivity contribution in [3.8, 4) is 0 Å². The Balaban J connectivity index is 0.000000316. The molecule has 2 atom stereocenters. The molecule has 0 bridgehead atoms. The second kappa shape index (κ2) is 16.0. The van der Waals surface area contributed by atoms with Crippen molar-refractivity contribution < 1.29 is 38.6 Å². The summed E-state index contributed by atoms with van der Waals surface area (Å²) in [6.07, 6.45) is 2.73. The Labute approximate surface area is 277 Å². The maximum Gasteiger partial charge on any atom is 0.328 e. The van der Waals surface area contributed by atoms with E-state index in [9.17, 15) is 28.8 Å². The van der Waals surface area contributed by atoms with Crippen LogP contribution >= 0.6 is 0 Å². The van der Waals surface area contributed by atoms with E-state index in [4.69, 9.17) is 9.84 Å². The van der Waals surface area contributed by atoms with E-state index in [1.165, 1.54) is 4.90 Å². The summed E-state index contributed by atoms with van der Waals surface area (Å²) < 4.78 is 5.55. The van der Waals surface area contributed by atoms with E-state index in [0.29, 0.717) is 45.2 Å². The van der Waals surface area contributed by atoms with Gasteiger partial charge in [0.2, 0.25) is 11.6 Å². The van der Waals surface area contributed by atoms with Crippen LogP contribution < -0.4 is 0 Å². The summed E-state index contributed by atoms with van der Waals surface area (Å²) in [6, 6.07) is 18.8. The SMILES string of the molecule is CCC(C)(C)C(=O)C(=O)N1CC[C@H]1C(=O)O.CCC(C)(C)C(=O)C(=O)N1CC[C@H]1C(=O)OCCC(c1ccccc1)c1ccccc1. The Hall–Kier alpha value is -4.34. The molecule has 0 aliphatic carbocycles. The summed E-state index contributed by atoms with van der Waals surface area (Å²) in [6.45, 7) is 11.6.